The molecular weight excluding hydrogens is 244 g/mol. The number of carbonyl (C=O) groups excluding carboxylic acids is 1. The van der Waals surface area contributed by atoms with Crippen LogP contribution >= 0.6 is 0 Å². The molecule has 0 unspecified atom stereocenters. The van der Waals surface area contributed by atoms with Gasteiger partial charge in [-0.3, -0.25) is 4.79 Å². The minimum Gasteiger partial charge on any atom is -0.478 e. The van der Waals surface area contributed by atoms with Gasteiger partial charge in [-0.15, -0.1) is 0 Å². The van der Waals surface area contributed by atoms with Gasteiger partial charge in [0.2, 0.25) is 5.91 Å². The van der Waals surface area contributed by atoms with Gasteiger partial charge in [0, 0.05) is 7.05 Å². The van der Waals surface area contributed by atoms with Crippen molar-refractivity contribution < 1.29 is 19.6 Å². The number of nitro groups is 1. The van der Waals surface area contributed by atoms with Gasteiger partial charge in [-0.1, -0.05) is 0 Å². The van der Waals surface area contributed by atoms with E-state index < -0.39 is 22.6 Å². The number of amides is 1. The summed E-state index contributed by atoms with van der Waals surface area (Å²) in [7, 11) is 1.43. The van der Waals surface area contributed by atoms with Crippen LogP contribution in [0, 0.1) is 10.1 Å². The van der Waals surface area contributed by atoms with Crippen molar-refractivity contribution in [2.45, 2.75) is 0 Å². The fraction of sp³-hybridized carbons (Fsp3) is 0.222. The topological polar surface area (TPSA) is 140 Å². The third-order valence-corrected chi connectivity index (χ3v) is 2.09. The molecule has 1 aromatic heterocycles. The van der Waals surface area contributed by atoms with Crippen molar-refractivity contribution in [3.8, 4) is 0 Å². The van der Waals surface area contributed by atoms with E-state index in [1.54, 1.807) is 0 Å². The molecule has 0 spiro atoms. The number of hydrogen-bond donors (Lipinski definition) is 2. The number of anilines is 1. The molecule has 0 bridgehead atoms. The number of nitrogens with two attached hydrogens (primary N) is 1. The first-order chi connectivity index (χ1) is 8.32. The van der Waals surface area contributed by atoms with Crippen molar-refractivity contribution in [1.82, 2.24) is 4.98 Å². The molecule has 0 aromatic carbocycles. The first-order valence-electron chi connectivity index (χ1n) is 4.70. The molecule has 1 heterocycles. The first kappa shape index (κ1) is 13.4. The summed E-state index contributed by atoms with van der Waals surface area (Å²) in [6, 6.07) is 0.829. The largest absolute Gasteiger partial charge is 0.478 e. The SMILES string of the molecule is CN(CC(N)=O)c1cnc([N+](=O)[O-])cc1C(=O)O. The van der Waals surface area contributed by atoms with Crippen LogP contribution in [0.2, 0.25) is 0 Å². The molecule has 0 aliphatic heterocycles. The number of carboxylic acid groups (broad SMARTS) is 1. The summed E-state index contributed by atoms with van der Waals surface area (Å²) in [5, 5.41) is 19.5. The van der Waals surface area contributed by atoms with Gasteiger partial charge >= 0.3 is 11.8 Å². The van der Waals surface area contributed by atoms with E-state index in [-0.39, 0.29) is 17.8 Å². The quantitative estimate of drug-likeness (QED) is 0.538. The Morgan fingerprint density at radius 1 is 1.61 bits per heavy atom. The molecule has 96 valence electrons. The zero-order valence-corrected chi connectivity index (χ0v) is 9.36. The third-order valence-electron chi connectivity index (χ3n) is 2.09. The number of aromatic nitrogens is 1. The lowest BCUT2D eigenvalue weighted by atomic mass is 10.2. The Morgan fingerprint density at radius 3 is 2.67 bits per heavy atom. The van der Waals surface area contributed by atoms with Gasteiger partial charge in [0.1, 0.15) is 0 Å². The van der Waals surface area contributed by atoms with Crippen molar-refractivity contribution in [2.24, 2.45) is 5.73 Å². The zero-order valence-electron chi connectivity index (χ0n) is 9.36. The first-order valence-corrected chi connectivity index (χ1v) is 4.70. The van der Waals surface area contributed by atoms with Crippen LogP contribution in [0.5, 0.6) is 0 Å². The van der Waals surface area contributed by atoms with E-state index in [9.17, 15) is 19.7 Å². The second kappa shape index (κ2) is 5.08. The van der Waals surface area contributed by atoms with Gasteiger partial charge in [0.25, 0.3) is 0 Å². The third kappa shape index (κ3) is 2.90. The van der Waals surface area contributed by atoms with Gasteiger partial charge in [-0.2, -0.15) is 0 Å². The Balaban J connectivity index is 3.23. The standard InChI is InChI=1S/C9H10N4O5/c1-12(4-7(10)14)6-3-11-8(13(17)18)2-5(6)9(15)16/h2-3H,4H2,1H3,(H2,10,14)(H,15,16). The van der Waals surface area contributed by atoms with Crippen molar-refractivity contribution >= 4 is 23.4 Å². The van der Waals surface area contributed by atoms with Crippen LogP contribution < -0.4 is 10.6 Å². The maximum absolute atomic E-state index is 11.0. The van der Waals surface area contributed by atoms with E-state index in [2.05, 4.69) is 4.98 Å². The summed E-state index contributed by atoms with van der Waals surface area (Å²) in [5.74, 6) is -2.59. The fourth-order valence-electron chi connectivity index (χ4n) is 1.33. The summed E-state index contributed by atoms with van der Waals surface area (Å²) in [5.41, 5.74) is 4.74. The lowest BCUT2D eigenvalue weighted by molar-refractivity contribution is -0.389. The van der Waals surface area contributed by atoms with Crippen LogP contribution in [0.15, 0.2) is 12.3 Å². The number of pyridine rings is 1. The predicted molar refractivity (Wildman–Crippen MR) is 60.3 cm³/mol. The van der Waals surface area contributed by atoms with E-state index in [1.165, 1.54) is 11.9 Å². The fourth-order valence-corrected chi connectivity index (χ4v) is 1.33. The van der Waals surface area contributed by atoms with Crippen LogP contribution in [0.4, 0.5) is 11.5 Å². The Morgan fingerprint density at radius 2 is 2.22 bits per heavy atom. The van der Waals surface area contributed by atoms with E-state index in [0.29, 0.717) is 0 Å². The van der Waals surface area contributed by atoms with Crippen LogP contribution in [0.1, 0.15) is 10.4 Å². The van der Waals surface area contributed by atoms with Gasteiger partial charge < -0.3 is 25.9 Å². The Kier molecular flexibility index (Phi) is 3.77. The van der Waals surface area contributed by atoms with Crippen molar-refractivity contribution in [2.75, 3.05) is 18.5 Å². The van der Waals surface area contributed by atoms with E-state index >= 15 is 0 Å². The Hall–Kier alpha value is -2.71. The molecule has 0 radical (unpaired) electrons. The highest BCUT2D eigenvalue weighted by Crippen LogP contribution is 2.22. The predicted octanol–water partition coefficient (Wildman–Crippen LogP) is -0.391. The number of nitrogens with zero attached hydrogens (tertiary/aromatic N) is 3. The Bertz CT molecular complexity index is 516. The van der Waals surface area contributed by atoms with Gasteiger partial charge in [-0.25, -0.2) is 4.79 Å². The number of carboxylic acids is 1. The van der Waals surface area contributed by atoms with Crippen molar-refractivity contribution in [1.29, 1.82) is 0 Å². The number of hydrogen-bond acceptors (Lipinski definition) is 6. The normalized spacial score (nSPS) is 9.83. The number of primary amides is 1. The van der Waals surface area contributed by atoms with Crippen LogP contribution in [0.3, 0.4) is 0 Å². The van der Waals surface area contributed by atoms with E-state index in [0.717, 1.165) is 12.3 Å². The maximum Gasteiger partial charge on any atom is 0.364 e. The maximum atomic E-state index is 11.0. The molecule has 0 atom stereocenters. The highest BCUT2D eigenvalue weighted by molar-refractivity contribution is 5.95. The zero-order chi connectivity index (χ0) is 13.9. The molecule has 9 nitrogen and oxygen atoms in total. The summed E-state index contributed by atoms with van der Waals surface area (Å²) < 4.78 is 0. The molecule has 0 saturated heterocycles. The highest BCUT2D eigenvalue weighted by Gasteiger charge is 2.21. The monoisotopic (exact) mass is 254 g/mol. The molecule has 3 N–H and O–H groups in total. The molecule has 0 fully saturated rings. The number of likely N-dealkylation sites (N-methyl/N-ethyl adjacent to an activating group) is 1. The molecule has 1 rings (SSSR count). The highest BCUT2D eigenvalue weighted by atomic mass is 16.6. The molecule has 1 aromatic rings. The summed E-state index contributed by atoms with van der Waals surface area (Å²) in [6.45, 7) is -0.222. The number of carbonyl (C=O) groups is 2. The molecule has 0 saturated carbocycles. The van der Waals surface area contributed by atoms with E-state index in [1.807, 2.05) is 0 Å². The smallest absolute Gasteiger partial charge is 0.364 e. The second-order valence-corrected chi connectivity index (χ2v) is 3.44. The molecule has 18 heavy (non-hydrogen) atoms. The van der Waals surface area contributed by atoms with Crippen LogP contribution in [-0.4, -0.2) is 40.5 Å². The minimum absolute atomic E-state index is 0.0758. The van der Waals surface area contributed by atoms with Gasteiger partial charge in [0.05, 0.1) is 23.9 Å². The molecule has 1 amide bonds. The lowest BCUT2D eigenvalue weighted by Crippen LogP contribution is -2.31. The minimum atomic E-state index is -1.35. The molecule has 9 heteroatoms. The number of rotatable bonds is 5. The Labute approximate surface area is 101 Å². The summed E-state index contributed by atoms with van der Waals surface area (Å²) in [6.07, 6.45) is 1.02. The van der Waals surface area contributed by atoms with Crippen LogP contribution in [-0.2, 0) is 4.79 Å². The second-order valence-electron chi connectivity index (χ2n) is 3.44. The molecule has 0 aliphatic carbocycles. The number of aromatic carboxylic acids is 1. The van der Waals surface area contributed by atoms with Crippen molar-refractivity contribution in [3.05, 3.63) is 27.9 Å². The average molecular weight is 254 g/mol. The summed E-state index contributed by atoms with van der Waals surface area (Å²) >= 11 is 0. The molecular formula is C9H10N4O5. The van der Waals surface area contributed by atoms with E-state index in [4.69, 9.17) is 10.8 Å². The average Bonchev–Trinajstić information content (AvgIpc) is 2.26. The van der Waals surface area contributed by atoms with Gasteiger partial charge in [0.15, 0.2) is 6.20 Å². The lowest BCUT2D eigenvalue weighted by Gasteiger charge is -2.17. The van der Waals surface area contributed by atoms with Gasteiger partial charge in [-0.05, 0) is 9.91 Å². The van der Waals surface area contributed by atoms with Crippen LogP contribution in [0.25, 0.3) is 0 Å². The summed E-state index contributed by atoms with van der Waals surface area (Å²) in [4.78, 5) is 36.2. The molecule has 0 aliphatic rings. The van der Waals surface area contributed by atoms with Crippen molar-refractivity contribution in [3.63, 3.8) is 0 Å².